The van der Waals surface area contributed by atoms with Gasteiger partial charge in [-0.15, -0.1) is 0 Å². The highest BCUT2D eigenvalue weighted by Crippen LogP contribution is 2.33. The molecule has 372 valence electrons. The van der Waals surface area contributed by atoms with Crippen LogP contribution in [-0.4, -0.2) is 33.6 Å². The van der Waals surface area contributed by atoms with Crippen molar-refractivity contribution in [3.8, 4) is 17.2 Å². The van der Waals surface area contributed by atoms with Crippen molar-refractivity contribution in [2.45, 2.75) is 76.5 Å². The average molecular weight is 982 g/mol. The Kier molecular flexibility index (Phi) is 17.6. The molecule has 3 unspecified atom stereocenters. The number of carbonyl (C=O) groups is 3. The molecule has 0 saturated heterocycles. The molecule has 6 N–H and O–H groups in total. The van der Waals surface area contributed by atoms with Crippen molar-refractivity contribution < 1.29 is 57.2 Å². The molecule has 3 heterocycles. The summed E-state index contributed by atoms with van der Waals surface area (Å²) in [6.45, 7) is -0.0372. The zero-order chi connectivity index (χ0) is 50.8. The highest BCUT2D eigenvalue weighted by atomic mass is 16.5. The highest BCUT2D eigenvalue weighted by molar-refractivity contribution is 5.66. The lowest BCUT2D eigenvalue weighted by Crippen LogP contribution is -2.29. The van der Waals surface area contributed by atoms with Gasteiger partial charge in [-0.25, -0.2) is 14.4 Å². The van der Waals surface area contributed by atoms with Crippen molar-refractivity contribution in [2.75, 3.05) is 0 Å². The van der Waals surface area contributed by atoms with Gasteiger partial charge in [0.15, 0.2) is 17.3 Å². The molecule has 0 saturated carbocycles. The second-order valence-corrected chi connectivity index (χ2v) is 16.4. The molecule has 18 heteroatoms. The maximum Gasteiger partial charge on any atom is 0.405 e. The Hall–Kier alpha value is -9.06. The number of aryl methyl sites for hydroxylation is 2. The van der Waals surface area contributed by atoms with Crippen LogP contribution in [0.15, 0.2) is 174 Å². The molecule has 0 spiro atoms. The molecular formula is C54H51N3O15. The van der Waals surface area contributed by atoms with Crippen LogP contribution in [0.4, 0.5) is 14.4 Å². The molecule has 72 heavy (non-hydrogen) atoms. The summed E-state index contributed by atoms with van der Waals surface area (Å²) in [4.78, 5) is 76.8. The summed E-state index contributed by atoms with van der Waals surface area (Å²) in [7, 11) is 0. The molecule has 0 aliphatic rings. The van der Waals surface area contributed by atoms with Gasteiger partial charge in [0.05, 0.1) is 36.9 Å². The average Bonchev–Trinajstić information content (AvgIpc) is 3.37. The first kappa shape index (κ1) is 50.8. The van der Waals surface area contributed by atoms with Crippen LogP contribution in [0.25, 0.3) is 0 Å². The molecule has 0 aliphatic heterocycles. The molecule has 3 aromatic heterocycles. The van der Waals surface area contributed by atoms with Crippen molar-refractivity contribution in [3.63, 3.8) is 0 Å². The Balaban J connectivity index is 1.23. The maximum atomic E-state index is 13.3. The highest BCUT2D eigenvalue weighted by Gasteiger charge is 2.29. The summed E-state index contributed by atoms with van der Waals surface area (Å²) >= 11 is 0. The fourth-order valence-corrected chi connectivity index (χ4v) is 8.22. The molecule has 3 amide bonds. The lowest BCUT2D eigenvalue weighted by Gasteiger charge is -2.23. The van der Waals surface area contributed by atoms with Crippen molar-refractivity contribution in [2.24, 2.45) is 0 Å². The molecule has 0 aliphatic carbocycles. The quantitative estimate of drug-likeness (QED) is 0.0330. The Morgan fingerprint density at radius 3 is 1.03 bits per heavy atom. The Labute approximate surface area is 411 Å². The number of nitrogens with one attached hydrogen (secondary N) is 3. The van der Waals surface area contributed by atoms with E-state index in [9.17, 15) is 44.1 Å². The van der Waals surface area contributed by atoms with E-state index in [0.717, 1.165) is 41.5 Å². The number of benzene rings is 4. The zero-order valence-electron chi connectivity index (χ0n) is 38.7. The molecular weight excluding hydrogens is 931 g/mol. The van der Waals surface area contributed by atoms with Gasteiger partial charge < -0.3 is 58.7 Å². The summed E-state index contributed by atoms with van der Waals surface area (Å²) in [6, 6.07) is 32.7. The van der Waals surface area contributed by atoms with Crippen LogP contribution >= 0.6 is 0 Å². The fraction of sp³-hybridized carbons (Fsp3) is 0.222. The van der Waals surface area contributed by atoms with Gasteiger partial charge in [-0.05, 0) is 71.9 Å². The predicted molar refractivity (Wildman–Crippen MR) is 260 cm³/mol. The Morgan fingerprint density at radius 1 is 0.417 bits per heavy atom. The van der Waals surface area contributed by atoms with Gasteiger partial charge in [-0.3, -0.25) is 14.4 Å². The molecule has 0 bridgehead atoms. The molecule has 3 atom stereocenters. The molecule has 7 rings (SSSR count). The number of ether oxygens (including phenoxy) is 3. The van der Waals surface area contributed by atoms with Crippen LogP contribution in [-0.2, 0) is 39.1 Å². The predicted octanol–water partition coefficient (Wildman–Crippen LogP) is 9.11. The third-order valence-corrected chi connectivity index (χ3v) is 11.6. The largest absolute Gasteiger partial charge is 0.482 e. The minimum Gasteiger partial charge on any atom is -0.482 e. The Morgan fingerprint density at radius 2 is 0.722 bits per heavy atom. The van der Waals surface area contributed by atoms with Crippen LogP contribution in [0.1, 0.15) is 88.0 Å². The summed E-state index contributed by atoms with van der Waals surface area (Å²) < 4.78 is 35.4. The zero-order valence-corrected chi connectivity index (χ0v) is 38.7. The van der Waals surface area contributed by atoms with Crippen molar-refractivity contribution in [1.82, 2.24) is 16.0 Å². The molecule has 0 radical (unpaired) electrons. The van der Waals surface area contributed by atoms with Gasteiger partial charge in [-0.2, -0.15) is 0 Å². The maximum absolute atomic E-state index is 13.3. The topological polar surface area (TPSA) is 266 Å². The van der Waals surface area contributed by atoms with E-state index in [-0.39, 0.29) is 92.9 Å². The van der Waals surface area contributed by atoms with Gasteiger partial charge in [-0.1, -0.05) is 109 Å². The normalized spacial score (nSPS) is 12.2. The van der Waals surface area contributed by atoms with E-state index in [1.54, 1.807) is 66.7 Å². The van der Waals surface area contributed by atoms with E-state index >= 15 is 0 Å². The summed E-state index contributed by atoms with van der Waals surface area (Å²) in [6.07, 6.45) is -0.305. The van der Waals surface area contributed by atoms with E-state index in [1.165, 1.54) is 12.1 Å². The number of hydrogen-bond acceptors (Lipinski definition) is 12. The molecule has 18 nitrogen and oxygen atoms in total. The van der Waals surface area contributed by atoms with E-state index in [4.69, 9.17) is 27.5 Å². The van der Waals surface area contributed by atoms with E-state index < -0.39 is 52.7 Å². The van der Waals surface area contributed by atoms with Crippen LogP contribution in [0, 0.1) is 0 Å². The van der Waals surface area contributed by atoms with Crippen molar-refractivity contribution in [1.29, 1.82) is 0 Å². The number of rotatable bonds is 24. The standard InChI is InChI=1S/C54H51N3O15/c58-43-25-28-67-46(49(43)70-31-34-11-4-1-5-12-34)40(55-52(61)62)22-19-37-17-10-18-38(20-23-41(56-53(63)64)47-50(44(59)26-29-68-47)71-32-35-13-6-2-7-14-35)39(37)21-24-42(57-54(65)66)48-51(45(60)27-30-69-48)72-33-36-15-8-3-9-16-36/h1-18,25-30,40-42,55-57H,19-24,31-33H2,(H,61,62)(H,63,64)(H,65,66). The van der Waals surface area contributed by atoms with Crippen LogP contribution in [0.2, 0.25) is 0 Å². The first-order valence-electron chi connectivity index (χ1n) is 22.9. The Bertz CT molecular complexity index is 2960. The van der Waals surface area contributed by atoms with Gasteiger partial charge in [0.2, 0.25) is 33.5 Å². The minimum absolute atomic E-state index is 0.00532. The lowest BCUT2D eigenvalue weighted by molar-refractivity contribution is 0.183. The lowest BCUT2D eigenvalue weighted by atomic mass is 9.88. The summed E-state index contributed by atoms with van der Waals surface area (Å²) in [5.41, 5.74) is 2.64. The smallest absolute Gasteiger partial charge is 0.405 e. The van der Waals surface area contributed by atoms with Crippen LogP contribution in [0.5, 0.6) is 17.2 Å². The van der Waals surface area contributed by atoms with E-state index in [0.29, 0.717) is 16.7 Å². The van der Waals surface area contributed by atoms with Crippen LogP contribution in [0.3, 0.4) is 0 Å². The first-order chi connectivity index (χ1) is 34.9. The van der Waals surface area contributed by atoms with Crippen LogP contribution < -0.4 is 46.4 Å². The monoisotopic (exact) mass is 981 g/mol. The van der Waals surface area contributed by atoms with Gasteiger partial charge in [0.25, 0.3) is 0 Å². The van der Waals surface area contributed by atoms with Gasteiger partial charge >= 0.3 is 18.3 Å². The molecule has 4 aromatic carbocycles. The minimum atomic E-state index is -1.41. The SMILES string of the molecule is O=C(O)NC(CCc1cccc(CCC(NC(=O)O)c2occc(=O)c2OCc2ccccc2)c1CCC(NC(=O)O)c1occc(=O)c1OCc1ccccc1)c1occc(=O)c1OCc1ccccc1. The molecule has 7 aromatic rings. The number of amides is 3. The van der Waals surface area contributed by atoms with Crippen molar-refractivity contribution >= 4 is 18.3 Å². The first-order valence-corrected chi connectivity index (χ1v) is 22.9. The molecule has 0 fully saturated rings. The second kappa shape index (κ2) is 25.0. The third-order valence-electron chi connectivity index (χ3n) is 11.6. The number of hydrogen-bond donors (Lipinski definition) is 6. The fourth-order valence-electron chi connectivity index (χ4n) is 8.22. The second-order valence-electron chi connectivity index (χ2n) is 16.4. The van der Waals surface area contributed by atoms with E-state index in [2.05, 4.69) is 16.0 Å². The summed E-state index contributed by atoms with van der Waals surface area (Å²) in [5.74, 6) is -0.721. The third kappa shape index (κ3) is 14.0. The van der Waals surface area contributed by atoms with E-state index in [1.807, 2.05) is 42.5 Å². The number of carboxylic acid groups (broad SMARTS) is 3. The van der Waals surface area contributed by atoms with Gasteiger partial charge in [0, 0.05) is 18.2 Å². The summed E-state index contributed by atoms with van der Waals surface area (Å²) in [5, 5.41) is 37.6. The van der Waals surface area contributed by atoms with Gasteiger partial charge in [0.1, 0.15) is 19.8 Å². The van der Waals surface area contributed by atoms with Crippen molar-refractivity contribution in [3.05, 3.63) is 228 Å².